The van der Waals surface area contributed by atoms with Gasteiger partial charge in [-0.2, -0.15) is 0 Å². The van der Waals surface area contributed by atoms with Gasteiger partial charge in [-0.15, -0.1) is 0 Å². The lowest BCUT2D eigenvalue weighted by Crippen LogP contribution is -2.33. The van der Waals surface area contributed by atoms with Crippen LogP contribution in [0, 0.1) is 17.6 Å². The van der Waals surface area contributed by atoms with Crippen molar-refractivity contribution in [3.63, 3.8) is 0 Å². The van der Waals surface area contributed by atoms with Gasteiger partial charge >= 0.3 is 0 Å². The minimum absolute atomic E-state index is 0.0104. The van der Waals surface area contributed by atoms with E-state index in [1.54, 1.807) is 0 Å². The molecule has 1 heterocycles. The molecule has 5 heteroatoms. The van der Waals surface area contributed by atoms with Crippen LogP contribution in [0.1, 0.15) is 37.7 Å². The summed E-state index contributed by atoms with van der Waals surface area (Å²) < 4.78 is 26.5. The maximum absolute atomic E-state index is 13.6. The van der Waals surface area contributed by atoms with E-state index < -0.39 is 11.6 Å². The summed E-state index contributed by atoms with van der Waals surface area (Å²) in [6, 6.07) is 3.56. The van der Waals surface area contributed by atoms with Gasteiger partial charge in [-0.25, -0.2) is 8.78 Å². The Kier molecular flexibility index (Phi) is 5.67. The molecule has 21 heavy (non-hydrogen) atoms. The van der Waals surface area contributed by atoms with Crippen molar-refractivity contribution in [2.24, 2.45) is 5.92 Å². The zero-order valence-electron chi connectivity index (χ0n) is 12.3. The molecule has 1 aliphatic rings. The van der Waals surface area contributed by atoms with Gasteiger partial charge < -0.3 is 10.6 Å². The largest absolute Gasteiger partial charge is 0.355 e. The monoisotopic (exact) mass is 296 g/mol. The van der Waals surface area contributed by atoms with Gasteiger partial charge in [-0.05, 0) is 43.5 Å². The SMILES string of the molecule is C[C@H](CNC(=O)CC1CCNCC1)c1ccc(F)cc1F. The number of hydrogen-bond donors (Lipinski definition) is 2. The zero-order chi connectivity index (χ0) is 15.2. The zero-order valence-corrected chi connectivity index (χ0v) is 12.3. The van der Waals surface area contributed by atoms with Crippen molar-refractivity contribution in [1.82, 2.24) is 10.6 Å². The predicted octanol–water partition coefficient (Wildman–Crippen LogP) is 2.57. The molecule has 1 atom stereocenters. The molecule has 1 saturated heterocycles. The van der Waals surface area contributed by atoms with Crippen LogP contribution in [0.25, 0.3) is 0 Å². The van der Waals surface area contributed by atoms with E-state index in [9.17, 15) is 13.6 Å². The minimum Gasteiger partial charge on any atom is -0.355 e. The van der Waals surface area contributed by atoms with Gasteiger partial charge in [0.2, 0.25) is 5.91 Å². The molecule has 3 nitrogen and oxygen atoms in total. The number of carbonyl (C=O) groups excluding carboxylic acids is 1. The number of hydrogen-bond acceptors (Lipinski definition) is 2. The maximum atomic E-state index is 13.6. The fourth-order valence-electron chi connectivity index (χ4n) is 2.70. The summed E-state index contributed by atoms with van der Waals surface area (Å²) in [5, 5.41) is 6.12. The average Bonchev–Trinajstić information content (AvgIpc) is 2.46. The molecular formula is C16H22F2N2O. The quantitative estimate of drug-likeness (QED) is 0.877. The first-order chi connectivity index (χ1) is 10.1. The highest BCUT2D eigenvalue weighted by Crippen LogP contribution is 2.20. The molecule has 1 fully saturated rings. The number of nitrogens with one attached hydrogen (secondary N) is 2. The smallest absolute Gasteiger partial charge is 0.220 e. The van der Waals surface area contributed by atoms with E-state index in [2.05, 4.69) is 10.6 Å². The highest BCUT2D eigenvalue weighted by atomic mass is 19.1. The lowest BCUT2D eigenvalue weighted by atomic mass is 9.94. The molecule has 0 saturated carbocycles. The average molecular weight is 296 g/mol. The molecule has 1 aromatic rings. The van der Waals surface area contributed by atoms with Crippen LogP contribution in [0.3, 0.4) is 0 Å². The molecule has 0 aromatic heterocycles. The summed E-state index contributed by atoms with van der Waals surface area (Å²) in [5.74, 6) is -0.878. The van der Waals surface area contributed by atoms with E-state index in [1.165, 1.54) is 12.1 Å². The Morgan fingerprint density at radius 2 is 2.10 bits per heavy atom. The number of rotatable bonds is 5. The lowest BCUT2D eigenvalue weighted by molar-refractivity contribution is -0.122. The van der Waals surface area contributed by atoms with Crippen molar-refractivity contribution in [1.29, 1.82) is 0 Å². The van der Waals surface area contributed by atoms with E-state index in [4.69, 9.17) is 0 Å². The number of carbonyl (C=O) groups is 1. The van der Waals surface area contributed by atoms with E-state index in [-0.39, 0.29) is 11.8 Å². The van der Waals surface area contributed by atoms with Crippen LogP contribution < -0.4 is 10.6 Å². The third kappa shape index (κ3) is 4.77. The summed E-state index contributed by atoms with van der Waals surface area (Å²) in [6.07, 6.45) is 2.57. The second kappa shape index (κ2) is 7.50. The van der Waals surface area contributed by atoms with Crippen LogP contribution >= 0.6 is 0 Å². The fourth-order valence-corrected chi connectivity index (χ4v) is 2.70. The summed E-state index contributed by atoms with van der Waals surface area (Å²) in [7, 11) is 0. The van der Waals surface area contributed by atoms with Gasteiger partial charge in [0.15, 0.2) is 0 Å². The molecule has 0 spiro atoms. The molecule has 2 rings (SSSR count). The Balaban J connectivity index is 1.80. The topological polar surface area (TPSA) is 41.1 Å². The molecule has 0 bridgehead atoms. The maximum Gasteiger partial charge on any atom is 0.220 e. The highest BCUT2D eigenvalue weighted by Gasteiger charge is 2.18. The van der Waals surface area contributed by atoms with Crippen molar-refractivity contribution in [2.75, 3.05) is 19.6 Å². The molecule has 0 aliphatic carbocycles. The third-order valence-corrected chi connectivity index (χ3v) is 4.03. The van der Waals surface area contributed by atoms with Crippen LogP contribution in [0.15, 0.2) is 18.2 Å². The van der Waals surface area contributed by atoms with Gasteiger partial charge in [0.05, 0.1) is 0 Å². The number of halogens is 2. The highest BCUT2D eigenvalue weighted by molar-refractivity contribution is 5.76. The fraction of sp³-hybridized carbons (Fsp3) is 0.562. The van der Waals surface area contributed by atoms with E-state index in [1.807, 2.05) is 6.92 Å². The van der Waals surface area contributed by atoms with Crippen molar-refractivity contribution in [2.45, 2.75) is 32.1 Å². The first-order valence-corrected chi connectivity index (χ1v) is 7.48. The first-order valence-electron chi connectivity index (χ1n) is 7.48. The van der Waals surface area contributed by atoms with Gasteiger partial charge in [0, 0.05) is 24.9 Å². The summed E-state index contributed by atoms with van der Waals surface area (Å²) in [4.78, 5) is 11.9. The molecule has 116 valence electrons. The molecular weight excluding hydrogens is 274 g/mol. The van der Waals surface area contributed by atoms with Crippen molar-refractivity contribution in [3.05, 3.63) is 35.4 Å². The molecule has 0 radical (unpaired) electrons. The normalized spacial score (nSPS) is 17.5. The van der Waals surface area contributed by atoms with Crippen LogP contribution in [-0.2, 0) is 4.79 Å². The Morgan fingerprint density at radius 3 is 2.76 bits per heavy atom. The Morgan fingerprint density at radius 1 is 1.38 bits per heavy atom. The predicted molar refractivity (Wildman–Crippen MR) is 78.0 cm³/mol. The second-order valence-corrected chi connectivity index (χ2v) is 5.77. The van der Waals surface area contributed by atoms with E-state index in [0.717, 1.165) is 32.0 Å². The van der Waals surface area contributed by atoms with Crippen LogP contribution in [-0.4, -0.2) is 25.5 Å². The van der Waals surface area contributed by atoms with Gasteiger partial charge in [0.25, 0.3) is 0 Å². The third-order valence-electron chi connectivity index (χ3n) is 4.03. The molecule has 1 amide bonds. The molecule has 1 aromatic carbocycles. The van der Waals surface area contributed by atoms with Crippen molar-refractivity contribution < 1.29 is 13.6 Å². The summed E-state index contributed by atoms with van der Waals surface area (Å²) in [5.41, 5.74) is 0.429. The second-order valence-electron chi connectivity index (χ2n) is 5.77. The molecule has 2 N–H and O–H groups in total. The number of benzene rings is 1. The lowest BCUT2D eigenvalue weighted by Gasteiger charge is -2.22. The van der Waals surface area contributed by atoms with Gasteiger partial charge in [-0.3, -0.25) is 4.79 Å². The minimum atomic E-state index is -0.585. The molecule has 0 unspecified atom stereocenters. The van der Waals surface area contributed by atoms with Gasteiger partial charge in [-0.1, -0.05) is 13.0 Å². The summed E-state index contributed by atoms with van der Waals surface area (Å²) in [6.45, 7) is 4.12. The van der Waals surface area contributed by atoms with Crippen molar-refractivity contribution >= 4 is 5.91 Å². The summed E-state index contributed by atoms with van der Waals surface area (Å²) >= 11 is 0. The standard InChI is InChI=1S/C16H22F2N2O/c1-11(14-3-2-13(17)9-15(14)18)10-20-16(21)8-12-4-6-19-7-5-12/h2-3,9,11-12,19H,4-8,10H2,1H3,(H,20,21)/t11-/m1/s1. The van der Waals surface area contributed by atoms with Crippen LogP contribution in [0.5, 0.6) is 0 Å². The first kappa shape index (κ1) is 15.9. The number of amides is 1. The van der Waals surface area contributed by atoms with E-state index >= 15 is 0 Å². The Bertz CT molecular complexity index is 487. The van der Waals surface area contributed by atoms with Crippen LogP contribution in [0.2, 0.25) is 0 Å². The van der Waals surface area contributed by atoms with Crippen molar-refractivity contribution in [3.8, 4) is 0 Å². The molecule has 1 aliphatic heterocycles. The van der Waals surface area contributed by atoms with Crippen LogP contribution in [0.4, 0.5) is 8.78 Å². The number of piperidine rings is 1. The Hall–Kier alpha value is -1.49. The van der Waals surface area contributed by atoms with E-state index in [0.29, 0.717) is 24.4 Å². The van der Waals surface area contributed by atoms with Gasteiger partial charge in [0.1, 0.15) is 11.6 Å². The Labute approximate surface area is 124 Å².